The first-order valence-corrected chi connectivity index (χ1v) is 6.40. The molecular formula is C13H24O2. The van der Waals surface area contributed by atoms with Crippen LogP contribution in [0.3, 0.4) is 0 Å². The van der Waals surface area contributed by atoms with Gasteiger partial charge in [0.05, 0.1) is 26.4 Å². The van der Waals surface area contributed by atoms with E-state index in [0.29, 0.717) is 10.8 Å². The Hall–Kier alpha value is -0.0800. The largest absolute Gasteiger partial charge is 0.380 e. The summed E-state index contributed by atoms with van der Waals surface area (Å²) in [5.41, 5.74) is 1.08. The number of hydrogen-bond donors (Lipinski definition) is 0. The van der Waals surface area contributed by atoms with Crippen molar-refractivity contribution in [2.24, 2.45) is 10.8 Å². The van der Waals surface area contributed by atoms with Crippen molar-refractivity contribution in [3.8, 4) is 0 Å². The Morgan fingerprint density at radius 1 is 0.800 bits per heavy atom. The predicted molar refractivity (Wildman–Crippen MR) is 60.9 cm³/mol. The van der Waals surface area contributed by atoms with E-state index in [4.69, 9.17) is 9.47 Å². The first-order chi connectivity index (χ1) is 7.24. The van der Waals surface area contributed by atoms with Gasteiger partial charge in [0.25, 0.3) is 0 Å². The van der Waals surface area contributed by atoms with Gasteiger partial charge in [-0.05, 0) is 25.7 Å². The van der Waals surface area contributed by atoms with Crippen LogP contribution in [0.5, 0.6) is 0 Å². The highest BCUT2D eigenvalue weighted by atomic mass is 16.5. The third kappa shape index (κ3) is 2.21. The molecule has 0 aromatic heterocycles. The summed E-state index contributed by atoms with van der Waals surface area (Å²) >= 11 is 0. The van der Waals surface area contributed by atoms with E-state index in [1.54, 1.807) is 0 Å². The standard InChI is InChI=1S/C13H24O2/c1-3-12(8-14-9-12)6-5-7-13(4-2)10-15-11-13/h3-11H2,1-2H3. The van der Waals surface area contributed by atoms with E-state index >= 15 is 0 Å². The molecule has 0 atom stereocenters. The lowest BCUT2D eigenvalue weighted by Gasteiger charge is -2.44. The van der Waals surface area contributed by atoms with Gasteiger partial charge in [0.2, 0.25) is 0 Å². The summed E-state index contributed by atoms with van der Waals surface area (Å²) in [6.45, 7) is 8.59. The predicted octanol–water partition coefficient (Wildman–Crippen LogP) is 3.01. The molecule has 0 aliphatic carbocycles. The van der Waals surface area contributed by atoms with E-state index in [9.17, 15) is 0 Å². The topological polar surface area (TPSA) is 18.5 Å². The molecule has 88 valence electrons. The van der Waals surface area contributed by atoms with Gasteiger partial charge < -0.3 is 9.47 Å². The molecule has 2 aliphatic rings. The summed E-state index contributed by atoms with van der Waals surface area (Å²) in [7, 11) is 0. The molecule has 2 aliphatic heterocycles. The second-order valence-electron chi connectivity index (χ2n) is 5.55. The molecule has 2 saturated heterocycles. The van der Waals surface area contributed by atoms with Crippen molar-refractivity contribution in [2.75, 3.05) is 26.4 Å². The van der Waals surface area contributed by atoms with Gasteiger partial charge in [-0.15, -0.1) is 0 Å². The van der Waals surface area contributed by atoms with E-state index in [-0.39, 0.29) is 0 Å². The summed E-state index contributed by atoms with van der Waals surface area (Å²) in [4.78, 5) is 0. The fraction of sp³-hybridized carbons (Fsp3) is 1.00. The molecular weight excluding hydrogens is 188 g/mol. The Morgan fingerprint density at radius 3 is 1.40 bits per heavy atom. The quantitative estimate of drug-likeness (QED) is 0.674. The normalized spacial score (nSPS) is 26.8. The maximum atomic E-state index is 5.35. The first-order valence-electron chi connectivity index (χ1n) is 6.40. The molecule has 0 spiro atoms. The Morgan fingerprint density at radius 2 is 1.20 bits per heavy atom. The van der Waals surface area contributed by atoms with E-state index in [1.807, 2.05) is 0 Å². The smallest absolute Gasteiger partial charge is 0.0544 e. The summed E-state index contributed by atoms with van der Waals surface area (Å²) < 4.78 is 10.7. The highest BCUT2D eigenvalue weighted by Crippen LogP contribution is 2.41. The molecule has 0 N–H and O–H groups in total. The van der Waals surface area contributed by atoms with Crippen molar-refractivity contribution in [2.45, 2.75) is 46.0 Å². The molecule has 0 aromatic rings. The third-order valence-corrected chi connectivity index (χ3v) is 4.55. The Balaban J connectivity index is 1.69. The molecule has 15 heavy (non-hydrogen) atoms. The van der Waals surface area contributed by atoms with Crippen LogP contribution < -0.4 is 0 Å². The number of ether oxygens (including phenoxy) is 2. The van der Waals surface area contributed by atoms with Crippen LogP contribution in [0.2, 0.25) is 0 Å². The third-order valence-electron chi connectivity index (χ3n) is 4.55. The lowest BCUT2D eigenvalue weighted by molar-refractivity contribution is -0.136. The summed E-state index contributed by atoms with van der Waals surface area (Å²) in [6.07, 6.45) is 6.62. The van der Waals surface area contributed by atoms with Crippen LogP contribution in [0.15, 0.2) is 0 Å². The second kappa shape index (κ2) is 4.42. The molecule has 0 radical (unpaired) electrons. The zero-order chi connectivity index (χ0) is 10.8. The fourth-order valence-electron chi connectivity index (χ4n) is 2.67. The molecule has 2 rings (SSSR count). The van der Waals surface area contributed by atoms with Crippen LogP contribution in [0.1, 0.15) is 46.0 Å². The average Bonchev–Trinajstić information content (AvgIpc) is 2.14. The van der Waals surface area contributed by atoms with Crippen LogP contribution in [0.4, 0.5) is 0 Å². The molecule has 0 saturated carbocycles. The Kier molecular flexibility index (Phi) is 3.36. The average molecular weight is 212 g/mol. The fourth-order valence-corrected chi connectivity index (χ4v) is 2.67. The van der Waals surface area contributed by atoms with Crippen molar-refractivity contribution in [3.05, 3.63) is 0 Å². The van der Waals surface area contributed by atoms with Crippen LogP contribution in [0, 0.1) is 10.8 Å². The van der Waals surface area contributed by atoms with Gasteiger partial charge in [0.15, 0.2) is 0 Å². The monoisotopic (exact) mass is 212 g/mol. The van der Waals surface area contributed by atoms with Crippen molar-refractivity contribution in [1.29, 1.82) is 0 Å². The molecule has 2 heterocycles. The maximum absolute atomic E-state index is 5.35. The Bertz CT molecular complexity index is 172. The highest BCUT2D eigenvalue weighted by Gasteiger charge is 2.39. The minimum absolute atomic E-state index is 0.541. The van der Waals surface area contributed by atoms with E-state index in [0.717, 1.165) is 26.4 Å². The van der Waals surface area contributed by atoms with Crippen molar-refractivity contribution in [3.63, 3.8) is 0 Å². The van der Waals surface area contributed by atoms with Crippen LogP contribution in [0.25, 0.3) is 0 Å². The van der Waals surface area contributed by atoms with E-state index in [1.165, 1.54) is 32.1 Å². The highest BCUT2D eigenvalue weighted by molar-refractivity contribution is 4.88. The van der Waals surface area contributed by atoms with E-state index in [2.05, 4.69) is 13.8 Å². The van der Waals surface area contributed by atoms with Crippen LogP contribution in [-0.2, 0) is 9.47 Å². The minimum atomic E-state index is 0.541. The van der Waals surface area contributed by atoms with Crippen molar-refractivity contribution in [1.82, 2.24) is 0 Å². The van der Waals surface area contributed by atoms with Crippen LogP contribution >= 0.6 is 0 Å². The van der Waals surface area contributed by atoms with Gasteiger partial charge in [-0.3, -0.25) is 0 Å². The van der Waals surface area contributed by atoms with Crippen molar-refractivity contribution >= 4 is 0 Å². The van der Waals surface area contributed by atoms with Gasteiger partial charge in [0, 0.05) is 10.8 Å². The summed E-state index contributed by atoms with van der Waals surface area (Å²) in [5, 5.41) is 0. The van der Waals surface area contributed by atoms with Gasteiger partial charge in [-0.25, -0.2) is 0 Å². The van der Waals surface area contributed by atoms with Gasteiger partial charge in [-0.2, -0.15) is 0 Å². The summed E-state index contributed by atoms with van der Waals surface area (Å²) in [6, 6.07) is 0. The van der Waals surface area contributed by atoms with Gasteiger partial charge in [-0.1, -0.05) is 20.3 Å². The molecule has 2 fully saturated rings. The second-order valence-corrected chi connectivity index (χ2v) is 5.55. The maximum Gasteiger partial charge on any atom is 0.0544 e. The first kappa shape index (κ1) is 11.4. The number of hydrogen-bond acceptors (Lipinski definition) is 2. The summed E-state index contributed by atoms with van der Waals surface area (Å²) in [5.74, 6) is 0. The lowest BCUT2D eigenvalue weighted by Crippen LogP contribution is -2.44. The zero-order valence-corrected chi connectivity index (χ0v) is 10.2. The molecule has 0 bridgehead atoms. The van der Waals surface area contributed by atoms with Gasteiger partial charge >= 0.3 is 0 Å². The zero-order valence-electron chi connectivity index (χ0n) is 10.2. The van der Waals surface area contributed by atoms with E-state index < -0.39 is 0 Å². The number of rotatable bonds is 6. The SMILES string of the molecule is CCC1(CCCC2(CC)COC2)COC1. The molecule has 2 heteroatoms. The Labute approximate surface area is 93.3 Å². The van der Waals surface area contributed by atoms with Crippen molar-refractivity contribution < 1.29 is 9.47 Å². The molecule has 2 nitrogen and oxygen atoms in total. The van der Waals surface area contributed by atoms with Crippen LogP contribution in [-0.4, -0.2) is 26.4 Å². The molecule has 0 unspecified atom stereocenters. The molecule has 0 aromatic carbocycles. The molecule has 0 amide bonds. The van der Waals surface area contributed by atoms with Gasteiger partial charge in [0.1, 0.15) is 0 Å². The minimum Gasteiger partial charge on any atom is -0.380 e. The lowest BCUT2D eigenvalue weighted by atomic mass is 9.73.